The first-order valence-corrected chi connectivity index (χ1v) is 10.6. The van der Waals surface area contributed by atoms with E-state index >= 15 is 0 Å². The number of nitrogens with one attached hydrogen (secondary N) is 3. The zero-order valence-electron chi connectivity index (χ0n) is 17.9. The number of hydrogen-bond donors (Lipinski definition) is 3. The molecule has 0 saturated carbocycles. The van der Waals surface area contributed by atoms with Crippen LogP contribution in [0.1, 0.15) is 18.1 Å². The van der Waals surface area contributed by atoms with Crippen molar-refractivity contribution in [3.8, 4) is 5.75 Å². The van der Waals surface area contributed by atoms with Crippen LogP contribution in [0.15, 0.2) is 48.5 Å². The Hall–Kier alpha value is -2.97. The maximum absolute atomic E-state index is 13.6. The van der Waals surface area contributed by atoms with E-state index in [9.17, 15) is 14.0 Å². The molecule has 2 aliphatic heterocycles. The summed E-state index contributed by atoms with van der Waals surface area (Å²) in [5, 5.41) is 2.86. The fraction of sp³-hybridized carbons (Fsp3) is 0.391. The van der Waals surface area contributed by atoms with Gasteiger partial charge in [0.1, 0.15) is 49.8 Å². The molecule has 2 aromatic carbocycles. The van der Waals surface area contributed by atoms with Gasteiger partial charge in [-0.15, -0.1) is 0 Å². The number of quaternary nitrogens is 2. The van der Waals surface area contributed by atoms with Crippen LogP contribution >= 0.6 is 0 Å². The van der Waals surface area contributed by atoms with Crippen LogP contribution in [0.25, 0.3) is 0 Å². The standard InChI is InChI=1S/C23H27FN4O3/c1-23(18-6-4-3-5-7-18)21(29)28(22(30)25-23)16-27-12-10-26(11-13-27)15-17-14-19(24)8-9-20(17)31-2/h3-9,14H,10-13,15-16H2,1-2H3,(H,25,30)/p+2/t23-/m1/s1. The molecule has 0 aromatic heterocycles. The highest BCUT2D eigenvalue weighted by Gasteiger charge is 2.50. The Labute approximate surface area is 181 Å². The fourth-order valence-corrected chi connectivity index (χ4v) is 4.48. The van der Waals surface area contributed by atoms with Crippen molar-refractivity contribution in [1.82, 2.24) is 10.2 Å². The summed E-state index contributed by atoms with van der Waals surface area (Å²) < 4.78 is 19.0. The molecule has 4 rings (SSSR count). The van der Waals surface area contributed by atoms with Crippen LogP contribution in [-0.4, -0.2) is 56.8 Å². The average molecular weight is 429 g/mol. The summed E-state index contributed by atoms with van der Waals surface area (Å²) in [6, 6.07) is 13.6. The van der Waals surface area contributed by atoms with Crippen molar-refractivity contribution in [1.29, 1.82) is 0 Å². The smallest absolute Gasteiger partial charge is 0.329 e. The molecule has 2 aliphatic rings. The van der Waals surface area contributed by atoms with E-state index in [4.69, 9.17) is 4.74 Å². The van der Waals surface area contributed by atoms with Gasteiger partial charge in [-0.3, -0.25) is 4.79 Å². The lowest BCUT2D eigenvalue weighted by atomic mass is 9.92. The number of hydrogen-bond acceptors (Lipinski definition) is 3. The Balaban J connectivity index is 1.36. The van der Waals surface area contributed by atoms with Crippen molar-refractivity contribution in [3.05, 3.63) is 65.5 Å². The summed E-state index contributed by atoms with van der Waals surface area (Å²) in [4.78, 5) is 29.5. The van der Waals surface area contributed by atoms with Gasteiger partial charge in [0, 0.05) is 0 Å². The third-order valence-electron chi connectivity index (χ3n) is 6.35. The van der Waals surface area contributed by atoms with Crippen molar-refractivity contribution >= 4 is 11.9 Å². The monoisotopic (exact) mass is 428 g/mol. The summed E-state index contributed by atoms with van der Waals surface area (Å²) in [5.41, 5.74) is 0.608. The molecule has 2 saturated heterocycles. The maximum atomic E-state index is 13.6. The quantitative estimate of drug-likeness (QED) is 0.546. The second kappa shape index (κ2) is 8.64. The fourth-order valence-electron chi connectivity index (χ4n) is 4.48. The van der Waals surface area contributed by atoms with E-state index in [0.29, 0.717) is 19.0 Å². The first kappa shape index (κ1) is 21.3. The van der Waals surface area contributed by atoms with Crippen LogP contribution < -0.4 is 19.9 Å². The van der Waals surface area contributed by atoms with Gasteiger partial charge in [-0.25, -0.2) is 14.1 Å². The molecule has 0 bridgehead atoms. The molecule has 0 unspecified atom stereocenters. The summed E-state index contributed by atoms with van der Waals surface area (Å²) in [7, 11) is 1.59. The minimum absolute atomic E-state index is 0.213. The maximum Gasteiger partial charge on any atom is 0.329 e. The van der Waals surface area contributed by atoms with E-state index in [2.05, 4.69) is 5.32 Å². The minimum Gasteiger partial charge on any atom is -0.496 e. The van der Waals surface area contributed by atoms with Gasteiger partial charge in [0.05, 0.1) is 12.7 Å². The number of amides is 3. The molecule has 0 aliphatic carbocycles. The number of rotatable bonds is 6. The minimum atomic E-state index is -1.03. The number of ether oxygens (including phenoxy) is 1. The van der Waals surface area contributed by atoms with Gasteiger partial charge in [-0.05, 0) is 30.7 Å². The number of carbonyl (C=O) groups excluding carboxylic acids is 2. The molecule has 1 atom stereocenters. The highest BCUT2D eigenvalue weighted by Crippen LogP contribution is 2.27. The third kappa shape index (κ3) is 4.26. The van der Waals surface area contributed by atoms with Gasteiger partial charge in [-0.2, -0.15) is 0 Å². The van der Waals surface area contributed by atoms with Crippen LogP contribution in [0.5, 0.6) is 5.75 Å². The molecule has 2 aromatic rings. The zero-order chi connectivity index (χ0) is 22.0. The van der Waals surface area contributed by atoms with Crippen molar-refractivity contribution in [3.63, 3.8) is 0 Å². The molecule has 7 nitrogen and oxygen atoms in total. The van der Waals surface area contributed by atoms with Gasteiger partial charge in [-0.1, -0.05) is 30.3 Å². The number of imide groups is 1. The summed E-state index contributed by atoms with van der Waals surface area (Å²) in [5.74, 6) is 0.221. The van der Waals surface area contributed by atoms with E-state index in [1.54, 1.807) is 20.1 Å². The molecule has 3 amide bonds. The van der Waals surface area contributed by atoms with Crippen molar-refractivity contribution in [2.24, 2.45) is 0 Å². The molecule has 164 valence electrons. The van der Waals surface area contributed by atoms with E-state index in [-0.39, 0.29) is 17.8 Å². The lowest BCUT2D eigenvalue weighted by molar-refractivity contribution is -1.02. The lowest BCUT2D eigenvalue weighted by Gasteiger charge is -2.31. The Bertz CT molecular complexity index is 963. The van der Waals surface area contributed by atoms with Crippen molar-refractivity contribution < 1.29 is 28.5 Å². The molecule has 31 heavy (non-hydrogen) atoms. The summed E-state index contributed by atoms with van der Waals surface area (Å²) in [6.07, 6.45) is 0. The third-order valence-corrected chi connectivity index (χ3v) is 6.35. The molecule has 8 heteroatoms. The molecule has 2 fully saturated rings. The van der Waals surface area contributed by atoms with Crippen LogP contribution in [0, 0.1) is 5.82 Å². The highest BCUT2D eigenvalue weighted by molar-refractivity contribution is 6.07. The average Bonchev–Trinajstić information content (AvgIpc) is 3.00. The van der Waals surface area contributed by atoms with Gasteiger partial charge in [0.15, 0.2) is 6.67 Å². The predicted molar refractivity (Wildman–Crippen MR) is 112 cm³/mol. The van der Waals surface area contributed by atoms with Crippen molar-refractivity contribution in [2.75, 3.05) is 40.0 Å². The summed E-state index contributed by atoms with van der Waals surface area (Å²) in [6.45, 7) is 6.18. The molecular formula is C23H29FN4O3+2. The van der Waals surface area contributed by atoms with E-state index in [0.717, 1.165) is 37.3 Å². The zero-order valence-corrected chi connectivity index (χ0v) is 17.9. The second-order valence-corrected chi connectivity index (χ2v) is 8.45. The SMILES string of the molecule is COc1ccc(F)cc1C[NH+]1CC[NH+](CN2C(=O)N[C@](C)(c3ccccc3)C2=O)CC1. The van der Waals surface area contributed by atoms with Gasteiger partial charge >= 0.3 is 6.03 Å². The van der Waals surface area contributed by atoms with Gasteiger partial charge in [0.2, 0.25) is 0 Å². The molecule has 2 heterocycles. The molecule has 3 N–H and O–H groups in total. The van der Waals surface area contributed by atoms with Crippen LogP contribution in [0.4, 0.5) is 9.18 Å². The summed E-state index contributed by atoms with van der Waals surface area (Å²) >= 11 is 0. The number of nitrogens with zero attached hydrogens (tertiary/aromatic N) is 1. The normalized spacial score (nSPS) is 26.1. The predicted octanol–water partition coefficient (Wildman–Crippen LogP) is -0.458. The van der Waals surface area contributed by atoms with Crippen LogP contribution in [-0.2, 0) is 16.9 Å². The van der Waals surface area contributed by atoms with Crippen LogP contribution in [0.2, 0.25) is 0 Å². The second-order valence-electron chi connectivity index (χ2n) is 8.45. The Kier molecular flexibility index (Phi) is 5.93. The Morgan fingerprint density at radius 2 is 1.74 bits per heavy atom. The number of methoxy groups -OCH3 is 1. The lowest BCUT2D eigenvalue weighted by Crippen LogP contribution is -3.28. The van der Waals surface area contributed by atoms with Gasteiger partial charge in [0.25, 0.3) is 5.91 Å². The highest BCUT2D eigenvalue weighted by atomic mass is 19.1. The van der Waals surface area contributed by atoms with Gasteiger partial charge < -0.3 is 19.9 Å². The van der Waals surface area contributed by atoms with E-state index in [1.807, 2.05) is 30.3 Å². The van der Waals surface area contributed by atoms with Crippen molar-refractivity contribution in [2.45, 2.75) is 19.0 Å². The number of halogens is 1. The molecule has 0 spiro atoms. The van der Waals surface area contributed by atoms with E-state index < -0.39 is 5.54 Å². The number of carbonyl (C=O) groups is 2. The topological polar surface area (TPSA) is 67.5 Å². The largest absolute Gasteiger partial charge is 0.496 e. The molecular weight excluding hydrogens is 399 g/mol. The van der Waals surface area contributed by atoms with Crippen LogP contribution in [0.3, 0.4) is 0 Å². The Morgan fingerprint density at radius 3 is 2.42 bits per heavy atom. The van der Waals surface area contributed by atoms with E-state index in [1.165, 1.54) is 26.8 Å². The Morgan fingerprint density at radius 1 is 1.06 bits per heavy atom. The number of urea groups is 1. The number of piperazine rings is 1. The first-order valence-electron chi connectivity index (χ1n) is 10.6. The molecule has 0 radical (unpaired) electrons. The number of benzene rings is 2. The first-order chi connectivity index (χ1) is 14.9.